The summed E-state index contributed by atoms with van der Waals surface area (Å²) >= 11 is 0. The molecule has 0 bridgehead atoms. The minimum Gasteiger partial charge on any atom is -0.339 e. The van der Waals surface area contributed by atoms with Gasteiger partial charge in [-0.05, 0) is 79.6 Å². The molecule has 1 fully saturated rings. The van der Waals surface area contributed by atoms with Crippen LogP contribution >= 0.6 is 0 Å². The molecular formula is C33H42N4O. The lowest BCUT2D eigenvalue weighted by Crippen LogP contribution is -2.31. The van der Waals surface area contributed by atoms with E-state index in [2.05, 4.69) is 90.6 Å². The van der Waals surface area contributed by atoms with Gasteiger partial charge in [0.1, 0.15) is 0 Å². The summed E-state index contributed by atoms with van der Waals surface area (Å²) in [4.78, 5) is 18.1. The molecule has 2 amide bonds. The maximum absolute atomic E-state index is 13.1. The first-order chi connectivity index (χ1) is 18.4. The lowest BCUT2D eigenvalue weighted by molar-refractivity contribution is 0.229. The molecule has 1 saturated heterocycles. The molecule has 0 aromatic heterocycles. The summed E-state index contributed by atoms with van der Waals surface area (Å²) in [5.74, 6) is 0.664. The molecule has 3 aromatic carbocycles. The summed E-state index contributed by atoms with van der Waals surface area (Å²) in [5.41, 5.74) is 6.74. The standard InChI is InChI=1S/C33H42N4O/c1-5-33(6-2)23-37(30-14-9-7-12-27(30)33)31-15-10-8-13-28(31)35-32(38)34-26-19-17-25(18-20-26)29-16-11-21-36(29)22-24(3)4/h7-10,12-15,17-20,24,29H,5-6,11,16,21-23H2,1-4H3,(H2,34,35,38). The highest BCUT2D eigenvalue weighted by Crippen LogP contribution is 2.49. The number of para-hydroxylation sites is 3. The van der Waals surface area contributed by atoms with Crippen molar-refractivity contribution in [2.45, 2.75) is 64.8 Å². The molecule has 5 rings (SSSR count). The number of hydrogen-bond donors (Lipinski definition) is 2. The van der Waals surface area contributed by atoms with Gasteiger partial charge in [-0.15, -0.1) is 0 Å². The maximum Gasteiger partial charge on any atom is 0.323 e. The first-order valence-corrected chi connectivity index (χ1v) is 14.3. The highest BCUT2D eigenvalue weighted by molar-refractivity contribution is 6.02. The summed E-state index contributed by atoms with van der Waals surface area (Å²) < 4.78 is 0. The third-order valence-electron chi connectivity index (χ3n) is 8.54. The average Bonchev–Trinajstić information content (AvgIpc) is 3.52. The van der Waals surface area contributed by atoms with Crippen LogP contribution in [0.15, 0.2) is 72.8 Å². The molecule has 0 spiro atoms. The van der Waals surface area contributed by atoms with Crippen LogP contribution in [-0.2, 0) is 5.41 Å². The molecule has 200 valence electrons. The molecule has 1 atom stereocenters. The second-order valence-electron chi connectivity index (χ2n) is 11.4. The number of carbonyl (C=O) groups is 1. The first-order valence-electron chi connectivity index (χ1n) is 14.3. The van der Waals surface area contributed by atoms with Crippen molar-refractivity contribution in [2.75, 3.05) is 35.2 Å². The Kier molecular flexibility index (Phi) is 7.75. The molecule has 0 aliphatic carbocycles. The zero-order valence-corrected chi connectivity index (χ0v) is 23.3. The van der Waals surface area contributed by atoms with E-state index in [1.165, 1.54) is 36.2 Å². The van der Waals surface area contributed by atoms with Gasteiger partial charge in [-0.25, -0.2) is 4.79 Å². The fourth-order valence-corrected chi connectivity index (χ4v) is 6.48. The second kappa shape index (κ2) is 11.2. The van der Waals surface area contributed by atoms with E-state index in [1.807, 2.05) is 30.3 Å². The number of carbonyl (C=O) groups excluding carboxylic acids is 1. The van der Waals surface area contributed by atoms with Crippen molar-refractivity contribution in [3.8, 4) is 0 Å². The van der Waals surface area contributed by atoms with Gasteiger partial charge < -0.3 is 15.5 Å². The van der Waals surface area contributed by atoms with Crippen LogP contribution in [0.5, 0.6) is 0 Å². The van der Waals surface area contributed by atoms with E-state index in [1.54, 1.807) is 0 Å². The number of urea groups is 1. The molecule has 2 aliphatic heterocycles. The number of nitrogens with zero attached hydrogens (tertiary/aromatic N) is 2. The fourth-order valence-electron chi connectivity index (χ4n) is 6.48. The lowest BCUT2D eigenvalue weighted by atomic mass is 9.78. The van der Waals surface area contributed by atoms with Crippen molar-refractivity contribution in [3.05, 3.63) is 83.9 Å². The van der Waals surface area contributed by atoms with E-state index in [0.717, 1.165) is 43.0 Å². The van der Waals surface area contributed by atoms with Crippen molar-refractivity contribution in [1.82, 2.24) is 4.90 Å². The van der Waals surface area contributed by atoms with Gasteiger partial charge in [0.15, 0.2) is 0 Å². The van der Waals surface area contributed by atoms with Crippen molar-refractivity contribution < 1.29 is 4.79 Å². The zero-order chi connectivity index (χ0) is 26.7. The van der Waals surface area contributed by atoms with Crippen LogP contribution in [0, 0.1) is 5.92 Å². The number of amides is 2. The molecule has 2 aliphatic rings. The van der Waals surface area contributed by atoms with Crippen molar-refractivity contribution in [2.24, 2.45) is 5.92 Å². The molecular weight excluding hydrogens is 468 g/mol. The van der Waals surface area contributed by atoms with Crippen molar-refractivity contribution in [1.29, 1.82) is 0 Å². The van der Waals surface area contributed by atoms with Crippen molar-refractivity contribution >= 4 is 28.8 Å². The van der Waals surface area contributed by atoms with Crippen molar-refractivity contribution in [3.63, 3.8) is 0 Å². The predicted octanol–water partition coefficient (Wildman–Crippen LogP) is 8.33. The maximum atomic E-state index is 13.1. The molecule has 2 heterocycles. The number of benzene rings is 3. The van der Waals surface area contributed by atoms with Gasteiger partial charge in [0.2, 0.25) is 0 Å². The van der Waals surface area contributed by atoms with E-state index in [-0.39, 0.29) is 11.4 Å². The van der Waals surface area contributed by atoms with E-state index in [9.17, 15) is 4.79 Å². The lowest BCUT2D eigenvalue weighted by Gasteiger charge is -2.29. The Labute approximate surface area is 228 Å². The molecule has 38 heavy (non-hydrogen) atoms. The third-order valence-corrected chi connectivity index (χ3v) is 8.54. The first kappa shape index (κ1) is 26.3. The largest absolute Gasteiger partial charge is 0.339 e. The highest BCUT2D eigenvalue weighted by atomic mass is 16.2. The Morgan fingerprint density at radius 1 is 0.921 bits per heavy atom. The Bertz CT molecular complexity index is 1250. The normalized spacial score (nSPS) is 18.6. The minimum atomic E-state index is -0.225. The quantitative estimate of drug-likeness (QED) is 0.320. The van der Waals surface area contributed by atoms with Gasteiger partial charge in [-0.1, -0.05) is 70.2 Å². The van der Waals surface area contributed by atoms with Crippen LogP contribution in [-0.4, -0.2) is 30.6 Å². The van der Waals surface area contributed by atoms with Gasteiger partial charge in [-0.2, -0.15) is 0 Å². The molecule has 1 unspecified atom stereocenters. The zero-order valence-electron chi connectivity index (χ0n) is 23.3. The molecule has 0 saturated carbocycles. The summed E-state index contributed by atoms with van der Waals surface area (Å²) in [6, 6.07) is 25.5. The van der Waals surface area contributed by atoms with Crippen LogP contribution in [0.3, 0.4) is 0 Å². The van der Waals surface area contributed by atoms with Crippen LogP contribution in [0.4, 0.5) is 27.5 Å². The number of anilines is 4. The van der Waals surface area contributed by atoms with E-state index < -0.39 is 0 Å². The topological polar surface area (TPSA) is 47.6 Å². The van der Waals surface area contributed by atoms with E-state index in [0.29, 0.717) is 12.0 Å². The third kappa shape index (κ3) is 5.17. The minimum absolute atomic E-state index is 0.123. The Morgan fingerprint density at radius 2 is 1.61 bits per heavy atom. The number of fused-ring (bicyclic) bond motifs is 1. The van der Waals surface area contributed by atoms with Gasteiger partial charge in [-0.3, -0.25) is 4.90 Å². The van der Waals surface area contributed by atoms with Gasteiger partial charge in [0, 0.05) is 35.9 Å². The number of likely N-dealkylation sites (tertiary alicyclic amines) is 1. The summed E-state index contributed by atoms with van der Waals surface area (Å²) in [6.07, 6.45) is 4.62. The number of hydrogen-bond acceptors (Lipinski definition) is 3. The van der Waals surface area contributed by atoms with Crippen LogP contribution < -0.4 is 15.5 Å². The SMILES string of the molecule is CCC1(CC)CN(c2ccccc2NC(=O)Nc2ccc(C3CCCN3CC(C)C)cc2)c2ccccc21. The Morgan fingerprint density at radius 3 is 2.32 bits per heavy atom. The second-order valence-corrected chi connectivity index (χ2v) is 11.4. The summed E-state index contributed by atoms with van der Waals surface area (Å²) in [5, 5.41) is 6.17. The predicted molar refractivity (Wildman–Crippen MR) is 160 cm³/mol. The molecule has 5 nitrogen and oxygen atoms in total. The monoisotopic (exact) mass is 510 g/mol. The van der Waals surface area contributed by atoms with Gasteiger partial charge >= 0.3 is 6.03 Å². The van der Waals surface area contributed by atoms with Crippen LogP contribution in [0.2, 0.25) is 0 Å². The van der Waals surface area contributed by atoms with Crippen LogP contribution in [0.25, 0.3) is 0 Å². The average molecular weight is 511 g/mol. The Hall–Kier alpha value is -3.31. The molecule has 2 N–H and O–H groups in total. The molecule has 0 radical (unpaired) electrons. The molecule has 3 aromatic rings. The van der Waals surface area contributed by atoms with Crippen LogP contribution in [0.1, 0.15) is 70.5 Å². The van der Waals surface area contributed by atoms with E-state index >= 15 is 0 Å². The van der Waals surface area contributed by atoms with Gasteiger partial charge in [0.05, 0.1) is 11.4 Å². The number of rotatable bonds is 8. The molecule has 5 heteroatoms. The smallest absolute Gasteiger partial charge is 0.323 e. The summed E-state index contributed by atoms with van der Waals surface area (Å²) in [6.45, 7) is 12.3. The van der Waals surface area contributed by atoms with E-state index in [4.69, 9.17) is 0 Å². The summed E-state index contributed by atoms with van der Waals surface area (Å²) in [7, 11) is 0. The van der Waals surface area contributed by atoms with Gasteiger partial charge in [0.25, 0.3) is 0 Å². The Balaban J connectivity index is 1.30. The fraction of sp³-hybridized carbons (Fsp3) is 0.424. The number of nitrogens with one attached hydrogen (secondary N) is 2. The highest BCUT2D eigenvalue weighted by Gasteiger charge is 2.40.